The topological polar surface area (TPSA) is 50.3 Å². The van der Waals surface area contributed by atoms with Crippen LogP contribution < -0.4 is 10.2 Å². The molecular formula is C15H28N4O. The molecule has 20 heavy (non-hydrogen) atoms. The van der Waals surface area contributed by atoms with Crippen molar-refractivity contribution in [3.8, 4) is 0 Å². The first kappa shape index (κ1) is 16.7. The number of aromatic nitrogens is 2. The number of nitrogens with one attached hydrogen (secondary N) is 1. The van der Waals surface area contributed by atoms with Crippen molar-refractivity contribution in [1.82, 2.24) is 9.97 Å². The maximum absolute atomic E-state index is 5.21. The highest BCUT2D eigenvalue weighted by Gasteiger charge is 2.12. The van der Waals surface area contributed by atoms with Crippen molar-refractivity contribution in [1.29, 1.82) is 0 Å². The van der Waals surface area contributed by atoms with Crippen LogP contribution in [0.4, 0.5) is 11.6 Å². The average molecular weight is 280 g/mol. The number of aryl methyl sites for hydroxylation is 1. The molecule has 0 atom stereocenters. The Kier molecular flexibility index (Phi) is 7.30. The largest absolute Gasteiger partial charge is 0.383 e. The molecule has 0 aliphatic carbocycles. The zero-order valence-electron chi connectivity index (χ0n) is 13.4. The van der Waals surface area contributed by atoms with Gasteiger partial charge in [-0.3, -0.25) is 0 Å². The summed E-state index contributed by atoms with van der Waals surface area (Å²) >= 11 is 0. The summed E-state index contributed by atoms with van der Waals surface area (Å²) in [6.07, 6.45) is 1.96. The summed E-state index contributed by atoms with van der Waals surface area (Å²) in [6.45, 7) is 9.09. The molecular weight excluding hydrogens is 252 g/mol. The Bertz CT molecular complexity index is 395. The number of methoxy groups -OCH3 is 1. The van der Waals surface area contributed by atoms with Crippen LogP contribution in [0.2, 0.25) is 0 Å². The third-order valence-electron chi connectivity index (χ3n) is 2.96. The summed E-state index contributed by atoms with van der Waals surface area (Å²) in [5.41, 5.74) is 0. The molecule has 0 unspecified atom stereocenters. The van der Waals surface area contributed by atoms with E-state index in [-0.39, 0.29) is 0 Å². The van der Waals surface area contributed by atoms with Crippen LogP contribution >= 0.6 is 0 Å². The average Bonchev–Trinajstić information content (AvgIpc) is 2.43. The Morgan fingerprint density at radius 3 is 2.65 bits per heavy atom. The van der Waals surface area contributed by atoms with Gasteiger partial charge in [-0.25, -0.2) is 9.97 Å². The van der Waals surface area contributed by atoms with Crippen molar-refractivity contribution in [2.45, 2.75) is 33.6 Å². The summed E-state index contributed by atoms with van der Waals surface area (Å²) in [5, 5.41) is 3.12. The van der Waals surface area contributed by atoms with Gasteiger partial charge >= 0.3 is 0 Å². The van der Waals surface area contributed by atoms with E-state index in [1.807, 2.05) is 13.1 Å². The van der Waals surface area contributed by atoms with Gasteiger partial charge in [0.05, 0.1) is 6.61 Å². The highest BCUT2D eigenvalue weighted by atomic mass is 16.5. The lowest BCUT2D eigenvalue weighted by Gasteiger charge is -2.26. The first-order valence-corrected chi connectivity index (χ1v) is 7.40. The van der Waals surface area contributed by atoms with Gasteiger partial charge in [-0.15, -0.1) is 0 Å². The fourth-order valence-electron chi connectivity index (χ4n) is 2.05. The minimum absolute atomic E-state index is 0.578. The van der Waals surface area contributed by atoms with Gasteiger partial charge in [0.2, 0.25) is 0 Å². The van der Waals surface area contributed by atoms with Gasteiger partial charge in [0.15, 0.2) is 0 Å². The number of anilines is 2. The van der Waals surface area contributed by atoms with Crippen molar-refractivity contribution in [2.24, 2.45) is 5.92 Å². The zero-order chi connectivity index (χ0) is 15.0. The summed E-state index contributed by atoms with van der Waals surface area (Å²) in [5.74, 6) is 3.35. The second kappa shape index (κ2) is 8.74. The van der Waals surface area contributed by atoms with Crippen LogP contribution in [-0.4, -0.2) is 43.8 Å². The predicted octanol–water partition coefficient (Wildman–Crippen LogP) is 2.58. The van der Waals surface area contributed by atoms with Crippen LogP contribution in [0, 0.1) is 5.92 Å². The zero-order valence-corrected chi connectivity index (χ0v) is 13.4. The van der Waals surface area contributed by atoms with Gasteiger partial charge in [0.25, 0.3) is 0 Å². The van der Waals surface area contributed by atoms with Gasteiger partial charge in [0.1, 0.15) is 17.5 Å². The normalized spacial score (nSPS) is 10.9. The molecule has 0 spiro atoms. The SMILES string of the molecule is CCCc1nc(NC)cc(N(CCOC)CC(C)C)n1. The smallest absolute Gasteiger partial charge is 0.134 e. The van der Waals surface area contributed by atoms with Crippen molar-refractivity contribution in [3.63, 3.8) is 0 Å². The monoisotopic (exact) mass is 280 g/mol. The second-order valence-corrected chi connectivity index (χ2v) is 5.36. The third-order valence-corrected chi connectivity index (χ3v) is 2.96. The molecule has 1 aromatic heterocycles. The Morgan fingerprint density at radius 1 is 1.35 bits per heavy atom. The van der Waals surface area contributed by atoms with Gasteiger partial charge in [-0.2, -0.15) is 0 Å². The fourth-order valence-corrected chi connectivity index (χ4v) is 2.05. The quantitative estimate of drug-likeness (QED) is 0.753. The molecule has 5 heteroatoms. The van der Waals surface area contributed by atoms with Gasteiger partial charge in [0, 0.05) is 39.7 Å². The minimum Gasteiger partial charge on any atom is -0.383 e. The van der Waals surface area contributed by atoms with Gasteiger partial charge in [-0.05, 0) is 12.3 Å². The summed E-state index contributed by atoms with van der Waals surface area (Å²) in [4.78, 5) is 11.5. The maximum atomic E-state index is 5.21. The van der Waals surface area contributed by atoms with E-state index in [4.69, 9.17) is 9.72 Å². The van der Waals surface area contributed by atoms with E-state index in [2.05, 4.69) is 36.0 Å². The minimum atomic E-state index is 0.578. The number of hydrogen-bond donors (Lipinski definition) is 1. The molecule has 1 aromatic rings. The molecule has 0 saturated carbocycles. The molecule has 0 amide bonds. The first-order valence-electron chi connectivity index (χ1n) is 7.40. The van der Waals surface area contributed by atoms with Crippen molar-refractivity contribution in [3.05, 3.63) is 11.9 Å². The van der Waals surface area contributed by atoms with Crippen molar-refractivity contribution >= 4 is 11.6 Å². The van der Waals surface area contributed by atoms with Gasteiger partial charge in [-0.1, -0.05) is 20.8 Å². The maximum Gasteiger partial charge on any atom is 0.134 e. The number of nitrogens with zero attached hydrogens (tertiary/aromatic N) is 3. The summed E-state index contributed by atoms with van der Waals surface area (Å²) < 4.78 is 5.21. The highest BCUT2D eigenvalue weighted by molar-refractivity contribution is 5.49. The molecule has 0 aliphatic rings. The second-order valence-electron chi connectivity index (χ2n) is 5.36. The van der Waals surface area contributed by atoms with E-state index >= 15 is 0 Å². The molecule has 0 aromatic carbocycles. The van der Waals surface area contributed by atoms with E-state index in [0.29, 0.717) is 12.5 Å². The van der Waals surface area contributed by atoms with E-state index in [0.717, 1.165) is 43.4 Å². The van der Waals surface area contributed by atoms with E-state index in [1.165, 1.54) is 0 Å². The van der Waals surface area contributed by atoms with Crippen molar-refractivity contribution < 1.29 is 4.74 Å². The Labute approximate surface area is 122 Å². The molecule has 1 heterocycles. The fraction of sp³-hybridized carbons (Fsp3) is 0.733. The molecule has 1 rings (SSSR count). The Morgan fingerprint density at radius 2 is 2.10 bits per heavy atom. The molecule has 0 bridgehead atoms. The van der Waals surface area contributed by atoms with Crippen molar-refractivity contribution in [2.75, 3.05) is 44.1 Å². The molecule has 5 nitrogen and oxygen atoms in total. The molecule has 0 saturated heterocycles. The van der Waals surface area contributed by atoms with E-state index < -0.39 is 0 Å². The highest BCUT2D eigenvalue weighted by Crippen LogP contribution is 2.17. The molecule has 0 fully saturated rings. The first-order chi connectivity index (χ1) is 9.60. The Balaban J connectivity index is 2.99. The lowest BCUT2D eigenvalue weighted by atomic mass is 10.2. The lowest BCUT2D eigenvalue weighted by Crippen LogP contribution is -2.32. The van der Waals surface area contributed by atoms with Crippen LogP contribution in [-0.2, 0) is 11.2 Å². The number of hydrogen-bond acceptors (Lipinski definition) is 5. The lowest BCUT2D eigenvalue weighted by molar-refractivity contribution is 0.204. The van der Waals surface area contributed by atoms with Crippen LogP contribution in [0.25, 0.3) is 0 Å². The van der Waals surface area contributed by atoms with E-state index in [1.54, 1.807) is 7.11 Å². The Hall–Kier alpha value is -1.36. The van der Waals surface area contributed by atoms with Crippen LogP contribution in [0.1, 0.15) is 33.0 Å². The van der Waals surface area contributed by atoms with Crippen LogP contribution in [0.15, 0.2) is 6.07 Å². The number of rotatable bonds is 9. The standard InChI is InChI=1S/C15H28N4O/c1-6-7-13-17-14(16-4)10-15(18-13)19(8-9-20-5)11-12(2)3/h10,12H,6-9,11H2,1-5H3,(H,16,17,18). The summed E-state index contributed by atoms with van der Waals surface area (Å²) in [6, 6.07) is 2.01. The molecule has 0 aliphatic heterocycles. The van der Waals surface area contributed by atoms with Crippen LogP contribution in [0.3, 0.4) is 0 Å². The van der Waals surface area contributed by atoms with E-state index in [9.17, 15) is 0 Å². The molecule has 0 radical (unpaired) electrons. The summed E-state index contributed by atoms with van der Waals surface area (Å²) in [7, 11) is 3.62. The predicted molar refractivity (Wildman–Crippen MR) is 84.5 cm³/mol. The van der Waals surface area contributed by atoms with Crippen LogP contribution in [0.5, 0.6) is 0 Å². The molecule has 1 N–H and O–H groups in total. The third kappa shape index (κ3) is 5.33. The number of ether oxygens (including phenoxy) is 1. The molecule has 114 valence electrons. The van der Waals surface area contributed by atoms with Gasteiger partial charge < -0.3 is 15.0 Å².